The first-order valence-electron chi connectivity index (χ1n) is 11.9. The van der Waals surface area contributed by atoms with Crippen molar-refractivity contribution in [2.45, 2.75) is 11.8 Å². The predicted molar refractivity (Wildman–Crippen MR) is 149 cm³/mol. The van der Waals surface area contributed by atoms with Gasteiger partial charge in [0.05, 0.1) is 21.8 Å². The maximum atomic E-state index is 13.9. The largest absolute Gasteiger partial charge is 0.506 e. The molecule has 4 aromatic carbocycles. The highest BCUT2D eigenvalue weighted by Crippen LogP contribution is 2.31. The van der Waals surface area contributed by atoms with E-state index in [-0.39, 0.29) is 43.4 Å². The van der Waals surface area contributed by atoms with Gasteiger partial charge in [-0.1, -0.05) is 72.3 Å². The minimum Gasteiger partial charge on any atom is -0.506 e. The highest BCUT2D eigenvalue weighted by molar-refractivity contribution is 7.86. The summed E-state index contributed by atoms with van der Waals surface area (Å²) in [6.45, 7) is 1.91. The van der Waals surface area contributed by atoms with Gasteiger partial charge in [-0.05, 0) is 30.5 Å². The van der Waals surface area contributed by atoms with Crippen LogP contribution in [0.15, 0.2) is 99.4 Å². The Morgan fingerprint density at radius 2 is 1.49 bits per heavy atom. The lowest BCUT2D eigenvalue weighted by molar-refractivity contribution is 0.484. The maximum absolute atomic E-state index is 13.9. The third-order valence-electron chi connectivity index (χ3n) is 6.75. The van der Waals surface area contributed by atoms with E-state index in [4.69, 9.17) is 0 Å². The summed E-state index contributed by atoms with van der Waals surface area (Å²) >= 11 is 0. The summed E-state index contributed by atoms with van der Waals surface area (Å²) in [4.78, 5) is 30.8. The van der Waals surface area contributed by atoms with E-state index >= 15 is 0 Å². The van der Waals surface area contributed by atoms with Crippen LogP contribution in [0.4, 0.5) is 11.4 Å². The topological polar surface area (TPSA) is 134 Å². The van der Waals surface area contributed by atoms with Gasteiger partial charge in [0.2, 0.25) is 0 Å². The minimum atomic E-state index is -4.89. The van der Waals surface area contributed by atoms with Gasteiger partial charge in [-0.2, -0.15) is 8.42 Å². The Hall–Kier alpha value is -4.86. The van der Waals surface area contributed by atoms with E-state index in [1.165, 1.54) is 0 Å². The minimum absolute atomic E-state index is 0.0421. The van der Waals surface area contributed by atoms with E-state index in [1.807, 2.05) is 19.1 Å². The molecular weight excluding hydrogens is 516 g/mol. The molecule has 2 aliphatic rings. The normalized spacial score (nSPS) is 12.8. The molecule has 9 heteroatoms. The van der Waals surface area contributed by atoms with Gasteiger partial charge in [-0.25, -0.2) is 4.98 Å². The molecule has 0 radical (unpaired) electrons. The summed E-state index contributed by atoms with van der Waals surface area (Å²) < 4.78 is 35.3. The molecule has 0 bridgehead atoms. The van der Waals surface area contributed by atoms with Gasteiger partial charge in [0, 0.05) is 27.1 Å². The van der Waals surface area contributed by atoms with Crippen LogP contribution in [0.3, 0.4) is 0 Å². The van der Waals surface area contributed by atoms with Crippen molar-refractivity contribution in [2.75, 3.05) is 5.32 Å². The second kappa shape index (κ2) is 8.87. The number of aliphatic hydroxyl groups is 1. The van der Waals surface area contributed by atoms with E-state index in [1.54, 1.807) is 66.7 Å². The molecule has 8 nitrogen and oxygen atoms in total. The molecule has 0 aromatic heterocycles. The molecule has 0 unspecified atom stereocenters. The molecule has 3 N–H and O–H groups in total. The molecule has 4 aromatic rings. The van der Waals surface area contributed by atoms with Crippen molar-refractivity contribution in [3.05, 3.63) is 132 Å². The van der Waals surface area contributed by atoms with Crippen LogP contribution in [0.2, 0.25) is 0 Å². The number of aryl methyl sites for hydroxylation is 1. The number of aliphatic hydroxyl groups excluding tert-OH is 1. The zero-order valence-corrected chi connectivity index (χ0v) is 21.3. The van der Waals surface area contributed by atoms with Gasteiger partial charge in [0.25, 0.3) is 15.7 Å². The highest BCUT2D eigenvalue weighted by Gasteiger charge is 2.25. The highest BCUT2D eigenvalue weighted by atomic mass is 32.2. The van der Waals surface area contributed by atoms with Crippen molar-refractivity contribution in [1.29, 1.82) is 0 Å². The van der Waals surface area contributed by atoms with Crippen molar-refractivity contribution >= 4 is 48.9 Å². The number of benzene rings is 4. The number of rotatable bonds is 4. The van der Waals surface area contributed by atoms with Crippen molar-refractivity contribution in [3.8, 4) is 0 Å². The third-order valence-corrected chi connectivity index (χ3v) is 7.62. The summed E-state index contributed by atoms with van der Waals surface area (Å²) in [5.74, 6) is -0.370. The molecule has 0 spiro atoms. The van der Waals surface area contributed by atoms with Gasteiger partial charge in [0.15, 0.2) is 5.43 Å². The van der Waals surface area contributed by atoms with Crippen molar-refractivity contribution in [1.82, 2.24) is 4.98 Å². The van der Waals surface area contributed by atoms with Gasteiger partial charge in [-0.3, -0.25) is 14.1 Å². The quantitative estimate of drug-likeness (QED) is 0.288. The van der Waals surface area contributed by atoms with E-state index in [2.05, 4.69) is 10.3 Å². The van der Waals surface area contributed by atoms with Gasteiger partial charge >= 0.3 is 0 Å². The second-order valence-electron chi connectivity index (χ2n) is 9.24. The molecule has 1 heterocycles. The van der Waals surface area contributed by atoms with Crippen LogP contribution >= 0.6 is 0 Å². The fourth-order valence-electron chi connectivity index (χ4n) is 4.98. The molecule has 0 saturated carbocycles. The van der Waals surface area contributed by atoms with E-state index in [9.17, 15) is 27.7 Å². The number of nitrogens with zero attached hydrogens (tertiary/aromatic N) is 1. The summed E-state index contributed by atoms with van der Waals surface area (Å²) in [6, 6.07) is 23.3. The molecule has 6 rings (SSSR count). The smallest absolute Gasteiger partial charge is 0.296 e. The Labute approximate surface area is 221 Å². The van der Waals surface area contributed by atoms with Crippen molar-refractivity contribution in [3.63, 3.8) is 0 Å². The first-order valence-corrected chi connectivity index (χ1v) is 13.4. The summed E-state index contributed by atoms with van der Waals surface area (Å²) in [5.41, 5.74) is 0.322. The zero-order valence-electron chi connectivity index (χ0n) is 20.5. The lowest BCUT2D eigenvalue weighted by atomic mass is 9.96. The van der Waals surface area contributed by atoms with Crippen LogP contribution in [0.1, 0.15) is 11.1 Å². The first-order chi connectivity index (χ1) is 18.6. The molecule has 0 fully saturated rings. The Morgan fingerprint density at radius 3 is 2.15 bits per heavy atom. The SMILES string of the molecule is Cc1ccc(Nc2cc(S(=O)(=O)O)c3nc(=O)c(=C(O)c4ccccc4)c4c5ccccc5c(=O)c2c3=4)cc1. The first kappa shape index (κ1) is 24.5. The average Bonchev–Trinajstić information content (AvgIpc) is 2.92. The molecule has 0 amide bonds. The number of hydrogen-bond donors (Lipinski definition) is 3. The molecule has 39 heavy (non-hydrogen) atoms. The van der Waals surface area contributed by atoms with Crippen LogP contribution in [-0.2, 0) is 10.1 Å². The lowest BCUT2D eigenvalue weighted by Crippen LogP contribution is -2.33. The summed E-state index contributed by atoms with van der Waals surface area (Å²) in [7, 11) is -4.89. The zero-order chi connectivity index (χ0) is 27.5. The average molecular weight is 537 g/mol. The molecular formula is C30H20N2O6S. The molecule has 0 saturated heterocycles. The Morgan fingerprint density at radius 1 is 0.846 bits per heavy atom. The fraction of sp³-hybridized carbons (Fsp3) is 0.0333. The molecule has 1 aliphatic heterocycles. The Bertz CT molecular complexity index is 2270. The maximum Gasteiger partial charge on any atom is 0.296 e. The van der Waals surface area contributed by atoms with Crippen molar-refractivity contribution < 1.29 is 18.1 Å². The van der Waals surface area contributed by atoms with Crippen LogP contribution in [-0.4, -0.2) is 23.1 Å². The third kappa shape index (κ3) is 3.96. The number of hydrogen-bond acceptors (Lipinski definition) is 7. The Kier molecular flexibility index (Phi) is 5.56. The van der Waals surface area contributed by atoms with Gasteiger partial charge < -0.3 is 10.4 Å². The Balaban J connectivity index is 1.96. The number of aromatic nitrogens is 1. The van der Waals surface area contributed by atoms with Crippen molar-refractivity contribution in [2.24, 2.45) is 0 Å². The van der Waals surface area contributed by atoms with E-state index < -0.39 is 26.0 Å². The van der Waals surface area contributed by atoms with Gasteiger partial charge in [-0.15, -0.1) is 0 Å². The van der Waals surface area contributed by atoms with E-state index in [0.717, 1.165) is 11.6 Å². The number of fused-ring (bicyclic) bond motifs is 2. The number of nitrogens with one attached hydrogen (secondary N) is 1. The fourth-order valence-corrected chi connectivity index (χ4v) is 5.64. The number of anilines is 2. The van der Waals surface area contributed by atoms with Crippen LogP contribution in [0, 0.1) is 17.4 Å². The van der Waals surface area contributed by atoms with E-state index in [0.29, 0.717) is 16.6 Å². The second-order valence-corrected chi connectivity index (χ2v) is 10.6. The molecule has 1 aliphatic carbocycles. The van der Waals surface area contributed by atoms with Crippen LogP contribution in [0.5, 0.6) is 0 Å². The molecule has 192 valence electrons. The summed E-state index contributed by atoms with van der Waals surface area (Å²) in [5, 5.41) is 15.1. The lowest BCUT2D eigenvalue weighted by Gasteiger charge is -2.15. The van der Waals surface area contributed by atoms with Crippen LogP contribution < -0.4 is 21.5 Å². The standard InChI is InChI=1S/C30H20N2O6S/c1-16-11-13-18(14-12-16)31-21-15-22(39(36,37)38)27-25-23(19-9-5-6-10-20(19)29(34)24(21)25)26(30(35)32-27)28(33)17-7-3-2-4-8-17/h2-15,31,33H,1H3,(H,36,37,38). The predicted octanol–water partition coefficient (Wildman–Crippen LogP) is 4.00. The molecule has 0 atom stereocenters. The van der Waals surface area contributed by atoms with Gasteiger partial charge in [0.1, 0.15) is 10.7 Å². The summed E-state index contributed by atoms with van der Waals surface area (Å²) in [6.07, 6.45) is 0. The van der Waals surface area contributed by atoms with Crippen LogP contribution in [0.25, 0.3) is 27.4 Å². The monoisotopic (exact) mass is 536 g/mol.